The normalized spacial score (nSPS) is 26.5. The summed E-state index contributed by atoms with van der Waals surface area (Å²) in [5.41, 5.74) is 1.04. The third kappa shape index (κ3) is 4.10. The number of nitrogens with zero attached hydrogens (tertiary/aromatic N) is 1. The van der Waals surface area contributed by atoms with E-state index in [1.165, 1.54) is 12.1 Å². The van der Waals surface area contributed by atoms with Crippen LogP contribution in [-0.2, 0) is 12.1 Å². The summed E-state index contributed by atoms with van der Waals surface area (Å²) in [5, 5.41) is 20.2. The number of fused-ring (bicyclic) bond motifs is 2. The SMILES string of the molecule is COc1cc(CN2[C@H]3CC[C@H]2CC(O)(c2ccc(F)cc2)C3)ccc1OCCO. The van der Waals surface area contributed by atoms with E-state index < -0.39 is 5.60 Å². The highest BCUT2D eigenvalue weighted by Gasteiger charge is 2.48. The largest absolute Gasteiger partial charge is 0.493 e. The molecule has 0 aromatic heterocycles. The maximum atomic E-state index is 13.3. The maximum absolute atomic E-state index is 13.3. The van der Waals surface area contributed by atoms with Gasteiger partial charge in [0.1, 0.15) is 12.4 Å². The third-order valence-corrected chi connectivity index (χ3v) is 6.24. The Morgan fingerprint density at radius 2 is 1.76 bits per heavy atom. The molecule has 0 unspecified atom stereocenters. The number of methoxy groups -OCH3 is 1. The van der Waals surface area contributed by atoms with Gasteiger partial charge in [-0.25, -0.2) is 4.39 Å². The second kappa shape index (κ2) is 8.30. The van der Waals surface area contributed by atoms with E-state index in [-0.39, 0.29) is 19.0 Å². The van der Waals surface area contributed by atoms with Gasteiger partial charge in [-0.1, -0.05) is 18.2 Å². The number of benzene rings is 2. The van der Waals surface area contributed by atoms with Crippen molar-refractivity contribution < 1.29 is 24.1 Å². The molecule has 156 valence electrons. The molecule has 0 aliphatic carbocycles. The van der Waals surface area contributed by atoms with E-state index in [0.29, 0.717) is 36.4 Å². The molecule has 2 aromatic rings. The minimum Gasteiger partial charge on any atom is -0.493 e. The molecule has 2 N–H and O–H groups in total. The number of ether oxygens (including phenoxy) is 2. The molecule has 2 bridgehead atoms. The number of piperidine rings is 1. The lowest BCUT2D eigenvalue weighted by molar-refractivity contribution is -0.0595. The van der Waals surface area contributed by atoms with Crippen molar-refractivity contribution in [2.75, 3.05) is 20.3 Å². The van der Waals surface area contributed by atoms with Crippen LogP contribution in [0.1, 0.15) is 36.8 Å². The van der Waals surface area contributed by atoms with Crippen molar-refractivity contribution >= 4 is 0 Å². The van der Waals surface area contributed by atoms with Gasteiger partial charge in [-0.05, 0) is 61.1 Å². The van der Waals surface area contributed by atoms with Gasteiger partial charge in [-0.2, -0.15) is 0 Å². The molecular weight excluding hydrogens is 373 g/mol. The lowest BCUT2D eigenvalue weighted by atomic mass is 9.80. The average Bonchev–Trinajstić information content (AvgIpc) is 2.96. The second-order valence-electron chi connectivity index (χ2n) is 8.06. The van der Waals surface area contributed by atoms with Crippen LogP contribution < -0.4 is 9.47 Å². The topological polar surface area (TPSA) is 62.2 Å². The van der Waals surface area contributed by atoms with Crippen molar-refractivity contribution in [3.63, 3.8) is 0 Å². The quantitative estimate of drug-likeness (QED) is 0.746. The molecule has 6 heteroatoms. The van der Waals surface area contributed by atoms with Gasteiger partial charge in [0.05, 0.1) is 19.3 Å². The van der Waals surface area contributed by atoms with E-state index in [4.69, 9.17) is 14.6 Å². The van der Waals surface area contributed by atoms with Gasteiger partial charge in [-0.3, -0.25) is 4.90 Å². The highest BCUT2D eigenvalue weighted by Crippen LogP contribution is 2.46. The molecule has 0 radical (unpaired) electrons. The molecule has 2 heterocycles. The van der Waals surface area contributed by atoms with Crippen LogP contribution >= 0.6 is 0 Å². The zero-order chi connectivity index (χ0) is 20.4. The smallest absolute Gasteiger partial charge is 0.161 e. The second-order valence-corrected chi connectivity index (χ2v) is 8.06. The van der Waals surface area contributed by atoms with Gasteiger partial charge in [0.15, 0.2) is 11.5 Å². The average molecular weight is 401 g/mol. The van der Waals surface area contributed by atoms with E-state index >= 15 is 0 Å². The summed E-state index contributed by atoms with van der Waals surface area (Å²) >= 11 is 0. The monoisotopic (exact) mass is 401 g/mol. The lowest BCUT2D eigenvalue weighted by Gasteiger charge is -2.44. The zero-order valence-electron chi connectivity index (χ0n) is 16.7. The van der Waals surface area contributed by atoms with E-state index in [0.717, 1.165) is 30.5 Å². The summed E-state index contributed by atoms with van der Waals surface area (Å²) in [4.78, 5) is 2.47. The summed E-state index contributed by atoms with van der Waals surface area (Å²) in [6, 6.07) is 12.7. The van der Waals surface area contributed by atoms with E-state index in [1.54, 1.807) is 19.2 Å². The number of halogens is 1. The molecule has 0 amide bonds. The van der Waals surface area contributed by atoms with Crippen molar-refractivity contribution in [1.82, 2.24) is 4.90 Å². The first-order valence-electron chi connectivity index (χ1n) is 10.2. The maximum Gasteiger partial charge on any atom is 0.161 e. The van der Waals surface area contributed by atoms with Crippen LogP contribution in [-0.4, -0.2) is 47.5 Å². The Kier molecular flexibility index (Phi) is 5.76. The van der Waals surface area contributed by atoms with Gasteiger partial charge in [0, 0.05) is 18.6 Å². The molecule has 2 saturated heterocycles. The Hall–Kier alpha value is -2.15. The zero-order valence-corrected chi connectivity index (χ0v) is 16.7. The molecule has 0 saturated carbocycles. The van der Waals surface area contributed by atoms with E-state index in [1.807, 2.05) is 18.2 Å². The summed E-state index contributed by atoms with van der Waals surface area (Å²) in [6.07, 6.45) is 3.43. The first-order chi connectivity index (χ1) is 14.0. The van der Waals surface area contributed by atoms with Crippen LogP contribution in [0, 0.1) is 5.82 Å². The predicted molar refractivity (Wildman–Crippen MR) is 107 cm³/mol. The minimum atomic E-state index is -0.893. The number of hydrogen-bond donors (Lipinski definition) is 2. The highest BCUT2D eigenvalue weighted by atomic mass is 19.1. The third-order valence-electron chi connectivity index (χ3n) is 6.24. The molecule has 2 aromatic carbocycles. The van der Waals surface area contributed by atoms with Gasteiger partial charge in [0.25, 0.3) is 0 Å². The minimum absolute atomic E-state index is 0.0427. The Labute approximate surface area is 170 Å². The van der Waals surface area contributed by atoms with Gasteiger partial charge >= 0.3 is 0 Å². The fourth-order valence-electron chi connectivity index (χ4n) is 4.87. The Bertz CT molecular complexity index is 827. The van der Waals surface area contributed by atoms with E-state index in [2.05, 4.69) is 4.90 Å². The van der Waals surface area contributed by atoms with Crippen LogP contribution in [0.2, 0.25) is 0 Å². The van der Waals surface area contributed by atoms with Crippen molar-refractivity contribution in [2.24, 2.45) is 0 Å². The number of aliphatic hydroxyl groups is 2. The molecule has 4 rings (SSSR count). The molecule has 0 spiro atoms. The van der Waals surface area contributed by atoms with Crippen molar-refractivity contribution in [3.05, 3.63) is 59.4 Å². The fourth-order valence-corrected chi connectivity index (χ4v) is 4.87. The van der Waals surface area contributed by atoms with Crippen LogP contribution in [0.25, 0.3) is 0 Å². The van der Waals surface area contributed by atoms with Crippen LogP contribution in [0.15, 0.2) is 42.5 Å². The van der Waals surface area contributed by atoms with Crippen LogP contribution in [0.5, 0.6) is 11.5 Å². The predicted octanol–water partition coefficient (Wildman–Crippen LogP) is 3.22. The summed E-state index contributed by atoms with van der Waals surface area (Å²) in [5.74, 6) is 0.999. The standard InChI is InChI=1S/C23H28FNO4/c1-28-22-12-16(2-9-21(22)29-11-10-26)15-25-19-7-8-20(25)14-23(27,13-19)17-3-5-18(24)6-4-17/h2-6,9,12,19-20,26-27H,7-8,10-11,13-15H2,1H3/t19-,20-/m0/s1. The molecule has 5 nitrogen and oxygen atoms in total. The molecule has 29 heavy (non-hydrogen) atoms. The first-order valence-corrected chi connectivity index (χ1v) is 10.2. The molecule has 2 aliphatic rings. The number of aliphatic hydroxyl groups excluding tert-OH is 1. The van der Waals surface area contributed by atoms with Gasteiger partial charge in [0.2, 0.25) is 0 Å². The van der Waals surface area contributed by atoms with E-state index in [9.17, 15) is 9.50 Å². The number of hydrogen-bond acceptors (Lipinski definition) is 5. The summed E-state index contributed by atoms with van der Waals surface area (Å²) in [6.45, 7) is 0.971. The Balaban J connectivity index is 1.48. The highest BCUT2D eigenvalue weighted by molar-refractivity contribution is 5.43. The van der Waals surface area contributed by atoms with Crippen molar-refractivity contribution in [3.8, 4) is 11.5 Å². The van der Waals surface area contributed by atoms with Crippen molar-refractivity contribution in [1.29, 1.82) is 0 Å². The molecule has 2 fully saturated rings. The fraction of sp³-hybridized carbons (Fsp3) is 0.478. The summed E-state index contributed by atoms with van der Waals surface area (Å²) in [7, 11) is 1.61. The molecular formula is C23H28FNO4. The number of rotatable bonds is 7. The lowest BCUT2D eigenvalue weighted by Crippen LogP contribution is -2.49. The van der Waals surface area contributed by atoms with Crippen LogP contribution in [0.4, 0.5) is 4.39 Å². The molecule has 2 atom stereocenters. The molecule has 2 aliphatic heterocycles. The van der Waals surface area contributed by atoms with Crippen molar-refractivity contribution in [2.45, 2.75) is 49.9 Å². The van der Waals surface area contributed by atoms with Crippen LogP contribution in [0.3, 0.4) is 0 Å². The Morgan fingerprint density at radius 3 is 2.38 bits per heavy atom. The first kappa shape index (κ1) is 20.1. The van der Waals surface area contributed by atoms with Gasteiger partial charge < -0.3 is 19.7 Å². The Morgan fingerprint density at radius 1 is 1.07 bits per heavy atom. The van der Waals surface area contributed by atoms with Gasteiger partial charge in [-0.15, -0.1) is 0 Å². The summed E-state index contributed by atoms with van der Waals surface area (Å²) < 4.78 is 24.2.